The van der Waals surface area contributed by atoms with E-state index in [9.17, 15) is 4.79 Å². The van der Waals surface area contributed by atoms with Gasteiger partial charge in [-0.1, -0.05) is 68.3 Å². The van der Waals surface area contributed by atoms with Crippen LogP contribution in [0.4, 0.5) is 0 Å². The van der Waals surface area contributed by atoms with Crippen LogP contribution in [-0.4, -0.2) is 49.3 Å². The van der Waals surface area contributed by atoms with Gasteiger partial charge in [0.05, 0.1) is 13.7 Å². The predicted molar refractivity (Wildman–Crippen MR) is 178 cm³/mol. The number of aliphatic hydroxyl groups is 1. The van der Waals surface area contributed by atoms with Crippen LogP contribution in [0.15, 0.2) is 111 Å². The number of carbonyl (C=O) groups excluding carboxylic acids is 1. The number of halogens is 2. The molecule has 5 rings (SSSR count). The van der Waals surface area contributed by atoms with Gasteiger partial charge < -0.3 is 24.6 Å². The minimum Gasteiger partial charge on any atom is -0.497 e. The van der Waals surface area contributed by atoms with Crippen molar-refractivity contribution in [2.75, 3.05) is 26.9 Å². The van der Waals surface area contributed by atoms with Crippen LogP contribution in [0.25, 0.3) is 0 Å². The molecule has 9 heteroatoms. The Bertz CT molecular complexity index is 1560. The summed E-state index contributed by atoms with van der Waals surface area (Å²) in [5.74, 6) is 1.66. The molecule has 0 saturated carbocycles. The number of nitrogens with one attached hydrogen (secondary N) is 1. The Morgan fingerprint density at radius 2 is 1.50 bits per heavy atom. The Hall–Kier alpha value is -3.66. The maximum atomic E-state index is 14.4. The quantitative estimate of drug-likeness (QED) is 0.148. The van der Waals surface area contributed by atoms with Crippen LogP contribution in [0, 0.1) is 0 Å². The van der Waals surface area contributed by atoms with Crippen LogP contribution in [0.3, 0.4) is 0 Å². The fourth-order valence-corrected chi connectivity index (χ4v) is 5.63. The van der Waals surface area contributed by atoms with Crippen molar-refractivity contribution in [3.8, 4) is 11.5 Å². The highest BCUT2D eigenvalue weighted by Crippen LogP contribution is 2.43. The molecule has 0 bridgehead atoms. The first-order chi connectivity index (χ1) is 21.4. The van der Waals surface area contributed by atoms with Crippen molar-refractivity contribution in [3.05, 3.63) is 128 Å². The molecule has 1 aliphatic heterocycles. The molecule has 44 heavy (non-hydrogen) atoms. The highest BCUT2D eigenvalue weighted by molar-refractivity contribution is 9.10. The van der Waals surface area contributed by atoms with E-state index in [0.29, 0.717) is 44.1 Å². The summed E-state index contributed by atoms with van der Waals surface area (Å²) in [4.78, 5) is 19.5. The molecule has 1 aliphatic rings. The average Bonchev–Trinajstić information content (AvgIpc) is 3.43. The average molecular weight is 722 g/mol. The zero-order valence-electron chi connectivity index (χ0n) is 24.3. The van der Waals surface area contributed by atoms with Gasteiger partial charge in [-0.2, -0.15) is 0 Å². The molecule has 0 aromatic heterocycles. The molecule has 1 heterocycles. The molecule has 4 aromatic carbocycles. The first-order valence-electron chi connectivity index (χ1n) is 14.4. The number of nitrogens with zero attached hydrogens (tertiary/aromatic N) is 1. The number of methoxy groups -OCH3 is 1. The van der Waals surface area contributed by atoms with Crippen LogP contribution in [-0.2, 0) is 22.4 Å². The number of hydrogen-bond donors (Lipinski definition) is 2. The third kappa shape index (κ3) is 7.70. The lowest BCUT2D eigenvalue weighted by Gasteiger charge is -2.31. The topological polar surface area (TPSA) is 89.4 Å². The van der Waals surface area contributed by atoms with Crippen molar-refractivity contribution >= 4 is 43.7 Å². The van der Waals surface area contributed by atoms with Gasteiger partial charge in [-0.25, -0.2) is 4.99 Å². The van der Waals surface area contributed by atoms with Crippen molar-refractivity contribution in [2.45, 2.75) is 30.9 Å². The summed E-state index contributed by atoms with van der Waals surface area (Å²) in [5, 5.41) is 12.2. The summed E-state index contributed by atoms with van der Waals surface area (Å²) in [6.45, 7) is 0.930. The monoisotopic (exact) mass is 720 g/mol. The van der Waals surface area contributed by atoms with E-state index in [1.54, 1.807) is 7.11 Å². The van der Waals surface area contributed by atoms with Crippen LogP contribution >= 0.6 is 31.9 Å². The molecular weight excluding hydrogens is 688 g/mol. The van der Waals surface area contributed by atoms with E-state index in [2.05, 4.69) is 37.2 Å². The number of ether oxygens (including phenoxy) is 3. The summed E-state index contributed by atoms with van der Waals surface area (Å²) < 4.78 is 19.5. The zero-order chi connectivity index (χ0) is 30.9. The molecule has 4 aromatic rings. The Labute approximate surface area is 274 Å². The molecule has 0 radical (unpaired) electrons. The van der Waals surface area contributed by atoms with Gasteiger partial charge >= 0.3 is 0 Å². The van der Waals surface area contributed by atoms with Gasteiger partial charge in [0.2, 0.25) is 5.90 Å². The van der Waals surface area contributed by atoms with Gasteiger partial charge in [-0.15, -0.1) is 0 Å². The molecule has 7 nitrogen and oxygen atoms in total. The Morgan fingerprint density at radius 3 is 2.14 bits per heavy atom. The maximum absolute atomic E-state index is 14.4. The molecule has 0 spiro atoms. The van der Waals surface area contributed by atoms with E-state index in [0.717, 1.165) is 36.9 Å². The van der Waals surface area contributed by atoms with Gasteiger partial charge in [0, 0.05) is 40.5 Å². The van der Waals surface area contributed by atoms with Crippen LogP contribution < -0.4 is 14.8 Å². The minimum atomic E-state index is -1.27. The Morgan fingerprint density at radius 1 is 0.886 bits per heavy atom. The van der Waals surface area contributed by atoms with E-state index in [4.69, 9.17) is 24.3 Å². The highest BCUT2D eigenvalue weighted by Gasteiger charge is 2.53. The standard InChI is InChI=1S/C35H34Br2N2O5/c1-42-30-15-5-24(6-16-30)19-20-38-34(41)35(23-25-3-11-28(36)12-4-25)32(26-7-13-29(37)14-8-26)44-33(39-35)27-9-17-31(18-10-27)43-22-2-21-40/h3-18,32,40H,2,19-23H2,1H3,(H,38,41)/t32-,35-/m1/s1. The second kappa shape index (κ2) is 14.9. The minimum absolute atomic E-state index is 0.0722. The normalized spacial score (nSPS) is 17.5. The zero-order valence-corrected chi connectivity index (χ0v) is 27.5. The number of hydrogen-bond acceptors (Lipinski definition) is 6. The van der Waals surface area contributed by atoms with Crippen molar-refractivity contribution in [3.63, 3.8) is 0 Å². The molecule has 0 fully saturated rings. The second-order valence-corrected chi connectivity index (χ2v) is 12.3. The Balaban J connectivity index is 1.49. The largest absolute Gasteiger partial charge is 0.497 e. The number of benzene rings is 4. The van der Waals surface area contributed by atoms with Crippen LogP contribution in [0.1, 0.15) is 34.8 Å². The lowest BCUT2D eigenvalue weighted by atomic mass is 9.82. The van der Waals surface area contributed by atoms with Gasteiger partial charge in [0.1, 0.15) is 11.5 Å². The number of aliphatic hydroxyl groups excluding tert-OH is 1. The number of rotatable bonds is 13. The first kappa shape index (κ1) is 31.8. The maximum Gasteiger partial charge on any atom is 0.252 e. The van der Waals surface area contributed by atoms with E-state index in [1.165, 1.54) is 0 Å². The molecule has 1 amide bonds. The van der Waals surface area contributed by atoms with Gasteiger partial charge in [0.15, 0.2) is 11.6 Å². The molecular formula is C35H34Br2N2O5. The van der Waals surface area contributed by atoms with Crippen molar-refractivity contribution in [1.82, 2.24) is 5.32 Å². The smallest absolute Gasteiger partial charge is 0.252 e. The second-order valence-electron chi connectivity index (χ2n) is 10.5. The third-order valence-electron chi connectivity index (χ3n) is 7.45. The van der Waals surface area contributed by atoms with Crippen LogP contribution in [0.5, 0.6) is 11.5 Å². The van der Waals surface area contributed by atoms with Crippen molar-refractivity contribution < 1.29 is 24.1 Å². The number of amides is 1. The summed E-state index contributed by atoms with van der Waals surface area (Å²) in [7, 11) is 1.64. The van der Waals surface area contributed by atoms with Crippen molar-refractivity contribution in [1.29, 1.82) is 0 Å². The lowest BCUT2D eigenvalue weighted by molar-refractivity contribution is -0.128. The highest BCUT2D eigenvalue weighted by atomic mass is 79.9. The summed E-state index contributed by atoms with van der Waals surface area (Å²) in [5.41, 5.74) is 2.36. The van der Waals surface area contributed by atoms with Crippen LogP contribution in [0.2, 0.25) is 0 Å². The fourth-order valence-electron chi connectivity index (χ4n) is 5.10. The summed E-state index contributed by atoms with van der Waals surface area (Å²) in [6, 6.07) is 31.0. The van der Waals surface area contributed by atoms with Gasteiger partial charge in [-0.05, 0) is 83.8 Å². The molecule has 2 atom stereocenters. The number of carbonyl (C=O) groups is 1. The lowest BCUT2D eigenvalue weighted by Crippen LogP contribution is -2.50. The number of aliphatic imine (C=N–C) groups is 1. The molecule has 228 valence electrons. The first-order valence-corrected chi connectivity index (χ1v) is 16.0. The molecule has 2 N–H and O–H groups in total. The molecule has 0 saturated heterocycles. The van der Waals surface area contributed by atoms with Crippen molar-refractivity contribution in [2.24, 2.45) is 4.99 Å². The van der Waals surface area contributed by atoms with Gasteiger partial charge in [0.25, 0.3) is 5.91 Å². The summed E-state index contributed by atoms with van der Waals surface area (Å²) >= 11 is 7.05. The van der Waals surface area contributed by atoms with E-state index >= 15 is 0 Å². The van der Waals surface area contributed by atoms with Gasteiger partial charge in [-0.3, -0.25) is 4.79 Å². The predicted octanol–water partition coefficient (Wildman–Crippen LogP) is 6.84. The Kier molecular flexibility index (Phi) is 10.7. The molecule has 0 aliphatic carbocycles. The van der Waals surface area contributed by atoms with E-state index < -0.39 is 11.6 Å². The third-order valence-corrected chi connectivity index (χ3v) is 8.51. The SMILES string of the molecule is COc1ccc(CCNC(=O)[C@]2(Cc3ccc(Br)cc3)N=C(c3ccc(OCCCO)cc3)O[C@@H]2c2ccc(Br)cc2)cc1. The summed E-state index contributed by atoms with van der Waals surface area (Å²) in [6.07, 6.45) is 0.873. The van der Waals surface area contributed by atoms with E-state index in [-0.39, 0.29) is 12.5 Å². The molecule has 0 unspecified atom stereocenters. The van der Waals surface area contributed by atoms with E-state index in [1.807, 2.05) is 97.1 Å². The fraction of sp³-hybridized carbons (Fsp3) is 0.257.